The highest BCUT2D eigenvalue weighted by molar-refractivity contribution is 7.99. The molecule has 1 aliphatic rings. The second kappa shape index (κ2) is 8.10. The molecule has 2 heterocycles. The molecule has 0 saturated carbocycles. The number of amides is 1. The lowest BCUT2D eigenvalue weighted by atomic mass is 10.2. The number of benzene rings is 2. The summed E-state index contributed by atoms with van der Waals surface area (Å²) in [5.41, 5.74) is 2.37. The molecule has 4 rings (SSSR count). The van der Waals surface area contributed by atoms with Gasteiger partial charge in [-0.3, -0.25) is 4.79 Å². The third-order valence-electron chi connectivity index (χ3n) is 4.59. The average Bonchev–Trinajstić information content (AvgIpc) is 3.06. The van der Waals surface area contributed by atoms with Gasteiger partial charge in [0.25, 0.3) is 0 Å². The standard InChI is InChI=1S/C20H20FN3O2S/c21-16-6-2-1-5-15(16)13-24-18-8-4-3-7-17(18)22-20(24)27-14-19(25)23-9-11-26-12-10-23/h1-8H,9-14H2. The van der Waals surface area contributed by atoms with Crippen molar-refractivity contribution in [1.29, 1.82) is 0 Å². The van der Waals surface area contributed by atoms with Gasteiger partial charge < -0.3 is 14.2 Å². The van der Waals surface area contributed by atoms with Crippen LogP contribution in [0.1, 0.15) is 5.56 Å². The quantitative estimate of drug-likeness (QED) is 0.633. The first-order valence-electron chi connectivity index (χ1n) is 8.89. The van der Waals surface area contributed by atoms with Crippen LogP contribution in [-0.2, 0) is 16.1 Å². The van der Waals surface area contributed by atoms with E-state index < -0.39 is 0 Å². The number of hydrogen-bond acceptors (Lipinski definition) is 4. The largest absolute Gasteiger partial charge is 0.378 e. The number of rotatable bonds is 5. The van der Waals surface area contributed by atoms with Crippen LogP contribution in [0.15, 0.2) is 53.7 Å². The van der Waals surface area contributed by atoms with Crippen molar-refractivity contribution in [2.45, 2.75) is 11.7 Å². The van der Waals surface area contributed by atoms with Gasteiger partial charge in [0.15, 0.2) is 5.16 Å². The van der Waals surface area contributed by atoms with E-state index in [0.717, 1.165) is 16.2 Å². The molecule has 1 fully saturated rings. The van der Waals surface area contributed by atoms with Gasteiger partial charge in [-0.25, -0.2) is 9.37 Å². The summed E-state index contributed by atoms with van der Waals surface area (Å²) in [6.07, 6.45) is 0. The zero-order chi connectivity index (χ0) is 18.6. The van der Waals surface area contributed by atoms with E-state index in [1.165, 1.54) is 17.8 Å². The van der Waals surface area contributed by atoms with Gasteiger partial charge in [-0.1, -0.05) is 42.1 Å². The van der Waals surface area contributed by atoms with Gasteiger partial charge >= 0.3 is 0 Å². The number of imidazole rings is 1. The van der Waals surface area contributed by atoms with Gasteiger partial charge in [0.1, 0.15) is 5.82 Å². The molecule has 0 spiro atoms. The Labute approximate surface area is 161 Å². The van der Waals surface area contributed by atoms with Crippen LogP contribution in [0, 0.1) is 5.82 Å². The monoisotopic (exact) mass is 385 g/mol. The fourth-order valence-electron chi connectivity index (χ4n) is 3.14. The fourth-order valence-corrected chi connectivity index (χ4v) is 4.06. The molecule has 0 bridgehead atoms. The molecular weight excluding hydrogens is 365 g/mol. The van der Waals surface area contributed by atoms with Crippen molar-refractivity contribution in [3.8, 4) is 0 Å². The van der Waals surface area contributed by atoms with Gasteiger partial charge in [-0.2, -0.15) is 0 Å². The number of ether oxygens (including phenoxy) is 1. The Hall–Kier alpha value is -2.38. The molecular formula is C20H20FN3O2S. The predicted molar refractivity (Wildman–Crippen MR) is 103 cm³/mol. The number of para-hydroxylation sites is 2. The summed E-state index contributed by atoms with van der Waals surface area (Å²) in [5.74, 6) is 0.143. The Kier molecular flexibility index (Phi) is 5.40. The zero-order valence-electron chi connectivity index (χ0n) is 14.8. The van der Waals surface area contributed by atoms with Crippen molar-refractivity contribution in [1.82, 2.24) is 14.5 Å². The van der Waals surface area contributed by atoms with Gasteiger partial charge in [0, 0.05) is 18.7 Å². The number of fused-ring (bicyclic) bond motifs is 1. The van der Waals surface area contributed by atoms with Crippen LogP contribution in [0.25, 0.3) is 11.0 Å². The Morgan fingerprint density at radius 2 is 1.85 bits per heavy atom. The second-order valence-electron chi connectivity index (χ2n) is 6.34. The lowest BCUT2D eigenvalue weighted by Gasteiger charge is -2.26. The smallest absolute Gasteiger partial charge is 0.233 e. The number of halogens is 1. The number of nitrogens with zero attached hydrogens (tertiary/aromatic N) is 3. The van der Waals surface area contributed by atoms with Crippen molar-refractivity contribution >= 4 is 28.7 Å². The summed E-state index contributed by atoms with van der Waals surface area (Å²) in [4.78, 5) is 18.9. The molecule has 27 heavy (non-hydrogen) atoms. The molecule has 1 aromatic heterocycles. The highest BCUT2D eigenvalue weighted by Crippen LogP contribution is 2.26. The van der Waals surface area contributed by atoms with Crippen LogP contribution in [0.3, 0.4) is 0 Å². The van der Waals surface area contributed by atoms with E-state index in [1.54, 1.807) is 12.1 Å². The molecule has 2 aromatic carbocycles. The number of morpholine rings is 1. The van der Waals surface area contributed by atoms with Crippen molar-refractivity contribution in [2.75, 3.05) is 32.1 Å². The number of thioether (sulfide) groups is 1. The second-order valence-corrected chi connectivity index (χ2v) is 7.28. The topological polar surface area (TPSA) is 47.4 Å². The average molecular weight is 385 g/mol. The molecule has 0 aliphatic carbocycles. The van der Waals surface area contributed by atoms with Crippen molar-refractivity contribution in [3.63, 3.8) is 0 Å². The first-order chi connectivity index (χ1) is 13.2. The molecule has 1 saturated heterocycles. The summed E-state index contributed by atoms with van der Waals surface area (Å²) in [5, 5.41) is 0.723. The van der Waals surface area contributed by atoms with E-state index in [4.69, 9.17) is 4.74 Å². The molecule has 0 radical (unpaired) electrons. The molecule has 0 atom stereocenters. The molecule has 0 unspecified atom stereocenters. The first kappa shape index (κ1) is 18.0. The minimum absolute atomic E-state index is 0.0767. The summed E-state index contributed by atoms with van der Waals surface area (Å²) in [7, 11) is 0. The maximum atomic E-state index is 14.2. The SMILES string of the molecule is O=C(CSc1nc2ccccc2n1Cc1ccccc1F)N1CCOCC1. The molecule has 1 aliphatic heterocycles. The number of carbonyl (C=O) groups excluding carboxylic acids is 1. The predicted octanol–water partition coefficient (Wildman–Crippen LogP) is 3.17. The van der Waals surface area contributed by atoms with Gasteiger partial charge in [0.05, 0.1) is 36.5 Å². The van der Waals surface area contributed by atoms with Gasteiger partial charge in [0.2, 0.25) is 5.91 Å². The molecule has 0 N–H and O–H groups in total. The van der Waals surface area contributed by atoms with E-state index in [0.29, 0.717) is 44.2 Å². The Bertz CT molecular complexity index is 953. The van der Waals surface area contributed by atoms with Crippen molar-refractivity contribution in [3.05, 3.63) is 59.9 Å². The molecule has 7 heteroatoms. The third kappa shape index (κ3) is 3.99. The minimum atomic E-state index is -0.240. The molecule has 5 nitrogen and oxygen atoms in total. The lowest BCUT2D eigenvalue weighted by Crippen LogP contribution is -2.41. The molecule has 3 aromatic rings. The van der Waals surface area contributed by atoms with Crippen LogP contribution >= 0.6 is 11.8 Å². The zero-order valence-corrected chi connectivity index (χ0v) is 15.6. The van der Waals surface area contributed by atoms with Crippen LogP contribution < -0.4 is 0 Å². The van der Waals surface area contributed by atoms with E-state index in [9.17, 15) is 9.18 Å². The minimum Gasteiger partial charge on any atom is -0.378 e. The van der Waals surface area contributed by atoms with Gasteiger partial charge in [-0.15, -0.1) is 0 Å². The van der Waals surface area contributed by atoms with Crippen molar-refractivity contribution < 1.29 is 13.9 Å². The van der Waals surface area contributed by atoms with Crippen LogP contribution in [0.4, 0.5) is 4.39 Å². The highest BCUT2D eigenvalue weighted by Gasteiger charge is 2.19. The number of aromatic nitrogens is 2. The summed E-state index contributed by atoms with van der Waals surface area (Å²) >= 11 is 1.40. The van der Waals surface area contributed by atoms with E-state index in [1.807, 2.05) is 39.8 Å². The summed E-state index contributed by atoms with van der Waals surface area (Å²) in [6, 6.07) is 14.5. The summed E-state index contributed by atoms with van der Waals surface area (Å²) in [6.45, 7) is 2.81. The maximum Gasteiger partial charge on any atom is 0.233 e. The van der Waals surface area contributed by atoms with Crippen LogP contribution in [0.2, 0.25) is 0 Å². The van der Waals surface area contributed by atoms with E-state index in [-0.39, 0.29) is 11.7 Å². The molecule has 140 valence electrons. The lowest BCUT2D eigenvalue weighted by molar-refractivity contribution is -0.132. The first-order valence-corrected chi connectivity index (χ1v) is 9.88. The molecule has 1 amide bonds. The Morgan fingerprint density at radius 1 is 1.11 bits per heavy atom. The third-order valence-corrected chi connectivity index (χ3v) is 5.56. The number of hydrogen-bond donors (Lipinski definition) is 0. The number of carbonyl (C=O) groups is 1. The Balaban J connectivity index is 1.58. The van der Waals surface area contributed by atoms with Crippen molar-refractivity contribution in [2.24, 2.45) is 0 Å². The van der Waals surface area contributed by atoms with E-state index >= 15 is 0 Å². The van der Waals surface area contributed by atoms with Crippen LogP contribution in [-0.4, -0.2) is 52.4 Å². The maximum absolute atomic E-state index is 14.2. The highest BCUT2D eigenvalue weighted by atomic mass is 32.2. The summed E-state index contributed by atoms with van der Waals surface area (Å²) < 4.78 is 21.4. The van der Waals surface area contributed by atoms with E-state index in [2.05, 4.69) is 4.98 Å². The normalized spacial score (nSPS) is 14.6. The Morgan fingerprint density at radius 3 is 2.67 bits per heavy atom. The van der Waals surface area contributed by atoms with Gasteiger partial charge in [-0.05, 0) is 18.2 Å². The van der Waals surface area contributed by atoms with Crippen LogP contribution in [0.5, 0.6) is 0 Å². The fraction of sp³-hybridized carbons (Fsp3) is 0.300.